The van der Waals surface area contributed by atoms with E-state index in [0.717, 1.165) is 0 Å². The summed E-state index contributed by atoms with van der Waals surface area (Å²) in [6, 6.07) is 0. The zero-order chi connectivity index (χ0) is 22.7. The quantitative estimate of drug-likeness (QED) is 0.241. The topological polar surface area (TPSA) is 110 Å². The minimum atomic E-state index is -4.84. The molecule has 0 radical (unpaired) electrons. The lowest BCUT2D eigenvalue weighted by Crippen LogP contribution is -2.25. The maximum atomic E-state index is 14.2. The number of hydrogen-bond acceptors (Lipinski definition) is 9. The molecule has 0 saturated heterocycles. The normalized spacial score (nSPS) is 12.8. The Morgan fingerprint density at radius 3 is 1.10 bits per heavy atom. The van der Waals surface area contributed by atoms with E-state index in [4.69, 9.17) is 27.1 Å². The summed E-state index contributed by atoms with van der Waals surface area (Å²) >= 11 is 0. The van der Waals surface area contributed by atoms with Crippen molar-refractivity contribution in [3.8, 4) is 0 Å². The summed E-state index contributed by atoms with van der Waals surface area (Å²) in [6.45, 7) is 6.71. The monoisotopic (exact) mass is 487 g/mol. The van der Waals surface area contributed by atoms with Crippen LogP contribution >= 0.6 is 23.1 Å². The lowest BCUT2D eigenvalue weighted by atomic mass is 10.9. The summed E-state index contributed by atoms with van der Waals surface area (Å²) in [4.78, 5) is 0. The van der Waals surface area contributed by atoms with Gasteiger partial charge in [-0.2, -0.15) is 13.2 Å². The Balaban J connectivity index is 7.11. The molecule has 0 fully saturated rings. The van der Waals surface area contributed by atoms with E-state index in [1.165, 1.54) is 41.5 Å². The molecule has 0 N–H and O–H groups in total. The predicted molar refractivity (Wildman–Crippen MR) is 104 cm³/mol. The van der Waals surface area contributed by atoms with Gasteiger partial charge in [-0.25, -0.2) is 9.13 Å². The molecule has 0 unspecified atom stereocenters. The van der Waals surface area contributed by atoms with Crippen LogP contribution in [-0.2, 0) is 40.8 Å². The standard InChI is InChI=1S/C14H30F2NO9P3/c1-7-21-27(18,22-8-2)14(13(15)16)17(28(19,23-9-3)24-10-4)29(20,25-11-5)26-12-6/h7-12H2,1-6H3. The summed E-state index contributed by atoms with van der Waals surface area (Å²) in [7, 11) is -14.5. The van der Waals surface area contributed by atoms with Gasteiger partial charge in [-0.05, 0) is 41.5 Å². The molecule has 0 bridgehead atoms. The molecule has 0 rings (SSSR count). The third-order valence-electron chi connectivity index (χ3n) is 2.85. The lowest BCUT2D eigenvalue weighted by molar-refractivity contribution is 0.155. The Morgan fingerprint density at radius 2 is 0.897 bits per heavy atom. The summed E-state index contributed by atoms with van der Waals surface area (Å²) in [6.07, 6.45) is -2.63. The molecule has 174 valence electrons. The molecule has 15 heteroatoms. The van der Waals surface area contributed by atoms with Crippen molar-refractivity contribution >= 4 is 23.1 Å². The van der Waals surface area contributed by atoms with Gasteiger partial charge >= 0.3 is 29.2 Å². The molecule has 0 aromatic rings. The SMILES string of the molecule is CCOP(=O)(OCC)C(=C(F)F)N(P(=O)(OCC)OCC)P(=O)(OCC)OCC. The van der Waals surface area contributed by atoms with Crippen LogP contribution in [0, 0.1) is 0 Å². The van der Waals surface area contributed by atoms with Crippen LogP contribution in [0.5, 0.6) is 0 Å². The van der Waals surface area contributed by atoms with Gasteiger partial charge in [0.15, 0.2) is 0 Å². The van der Waals surface area contributed by atoms with E-state index < -0.39 is 34.6 Å². The third-order valence-corrected chi connectivity index (χ3v) is 10.2. The Hall–Kier alpha value is -0.150. The maximum absolute atomic E-state index is 14.2. The fourth-order valence-electron chi connectivity index (χ4n) is 2.10. The van der Waals surface area contributed by atoms with Crippen LogP contribution in [0.1, 0.15) is 41.5 Å². The first-order valence-corrected chi connectivity index (χ1v) is 13.6. The van der Waals surface area contributed by atoms with Crippen molar-refractivity contribution in [3.05, 3.63) is 11.5 Å². The van der Waals surface area contributed by atoms with Crippen LogP contribution in [0.25, 0.3) is 0 Å². The van der Waals surface area contributed by atoms with Gasteiger partial charge in [0.05, 0.1) is 39.6 Å². The van der Waals surface area contributed by atoms with Crippen molar-refractivity contribution < 1.29 is 49.6 Å². The fourth-order valence-corrected chi connectivity index (χ4v) is 9.04. The first-order chi connectivity index (χ1) is 13.6. The van der Waals surface area contributed by atoms with Gasteiger partial charge in [0, 0.05) is 0 Å². The van der Waals surface area contributed by atoms with E-state index in [0.29, 0.717) is 0 Å². The second-order valence-corrected chi connectivity index (χ2v) is 10.8. The van der Waals surface area contributed by atoms with Gasteiger partial charge < -0.3 is 9.05 Å². The minimum absolute atomic E-state index is 0.0125. The number of rotatable bonds is 16. The van der Waals surface area contributed by atoms with Crippen molar-refractivity contribution in [2.75, 3.05) is 39.6 Å². The van der Waals surface area contributed by atoms with Gasteiger partial charge in [0.25, 0.3) is 0 Å². The van der Waals surface area contributed by atoms with Crippen molar-refractivity contribution in [2.24, 2.45) is 0 Å². The second kappa shape index (κ2) is 13.3. The second-order valence-electron chi connectivity index (χ2n) is 4.81. The van der Waals surface area contributed by atoms with E-state index >= 15 is 0 Å². The molecule has 0 atom stereocenters. The van der Waals surface area contributed by atoms with Gasteiger partial charge in [-0.1, -0.05) is 0 Å². The van der Waals surface area contributed by atoms with Crippen molar-refractivity contribution in [1.82, 2.24) is 4.44 Å². The molecule has 10 nitrogen and oxygen atoms in total. The first kappa shape index (κ1) is 28.9. The highest BCUT2D eigenvalue weighted by molar-refractivity contribution is 7.70. The van der Waals surface area contributed by atoms with Gasteiger partial charge in [-0.3, -0.25) is 22.7 Å². The highest BCUT2D eigenvalue weighted by Gasteiger charge is 2.56. The van der Waals surface area contributed by atoms with Crippen LogP contribution in [0.15, 0.2) is 11.5 Å². The summed E-state index contributed by atoms with van der Waals surface area (Å²) in [5.74, 6) is 0. The van der Waals surface area contributed by atoms with Crippen LogP contribution < -0.4 is 0 Å². The molecule has 0 aliphatic heterocycles. The van der Waals surface area contributed by atoms with E-state index in [9.17, 15) is 22.5 Å². The molecular formula is C14H30F2NO9P3. The first-order valence-electron chi connectivity index (χ1n) is 9.09. The average molecular weight is 487 g/mol. The average Bonchev–Trinajstić information content (AvgIpc) is 2.60. The molecule has 0 aromatic heterocycles. The molecule has 0 heterocycles. The zero-order valence-electron chi connectivity index (χ0n) is 17.5. The Labute approximate surface area is 170 Å². The van der Waals surface area contributed by atoms with Crippen molar-refractivity contribution in [2.45, 2.75) is 41.5 Å². The Bertz CT molecular complexity index is 613. The Kier molecular flexibility index (Phi) is 13.2. The Morgan fingerprint density at radius 1 is 0.621 bits per heavy atom. The summed E-state index contributed by atoms with van der Waals surface area (Å²) < 4.78 is 98.7. The molecule has 0 saturated carbocycles. The summed E-state index contributed by atoms with van der Waals surface area (Å²) in [5, 5.41) is 0. The molecular weight excluding hydrogens is 457 g/mol. The smallest absolute Gasteiger partial charge is 0.304 e. The van der Waals surface area contributed by atoms with Crippen LogP contribution in [0.3, 0.4) is 0 Å². The van der Waals surface area contributed by atoms with Gasteiger partial charge in [-0.15, -0.1) is 0 Å². The van der Waals surface area contributed by atoms with E-state index in [-0.39, 0.29) is 44.1 Å². The predicted octanol–water partition coefficient (Wildman–Crippen LogP) is 5.98. The molecule has 0 spiro atoms. The minimum Gasteiger partial charge on any atom is -0.304 e. The molecule has 29 heavy (non-hydrogen) atoms. The maximum Gasteiger partial charge on any atom is 0.444 e. The third kappa shape index (κ3) is 7.49. The van der Waals surface area contributed by atoms with Crippen molar-refractivity contribution in [3.63, 3.8) is 0 Å². The zero-order valence-corrected chi connectivity index (χ0v) is 20.1. The number of nitrogens with zero attached hydrogens (tertiary/aromatic N) is 1. The van der Waals surface area contributed by atoms with Crippen molar-refractivity contribution in [1.29, 1.82) is 0 Å². The largest absolute Gasteiger partial charge is 0.444 e. The van der Waals surface area contributed by atoms with Crippen LogP contribution in [0.2, 0.25) is 0 Å². The van der Waals surface area contributed by atoms with Crippen LogP contribution in [0.4, 0.5) is 8.78 Å². The van der Waals surface area contributed by atoms with Gasteiger partial charge in [0.1, 0.15) is 0 Å². The number of hydrogen-bond donors (Lipinski definition) is 0. The van der Waals surface area contributed by atoms with E-state index in [1.54, 1.807) is 0 Å². The summed E-state index contributed by atoms with van der Waals surface area (Å²) in [5.41, 5.74) is -1.56. The highest BCUT2D eigenvalue weighted by atomic mass is 31.3. The molecule has 0 aromatic carbocycles. The van der Waals surface area contributed by atoms with Gasteiger partial charge in [0.2, 0.25) is 5.44 Å². The van der Waals surface area contributed by atoms with E-state index in [1.807, 2.05) is 0 Å². The highest BCUT2D eigenvalue weighted by Crippen LogP contribution is 2.77. The lowest BCUT2D eigenvalue weighted by Gasteiger charge is -2.37. The fraction of sp³-hybridized carbons (Fsp3) is 0.857. The molecule has 0 aliphatic carbocycles. The molecule has 0 amide bonds. The van der Waals surface area contributed by atoms with E-state index in [2.05, 4.69) is 0 Å². The number of halogens is 2. The van der Waals surface area contributed by atoms with Crippen LogP contribution in [-0.4, -0.2) is 44.1 Å². The molecule has 0 aliphatic rings.